The van der Waals surface area contributed by atoms with Crippen molar-refractivity contribution in [1.29, 1.82) is 0 Å². The second kappa shape index (κ2) is 6.19. The first-order valence-corrected chi connectivity index (χ1v) is 8.26. The molecular weight excluding hydrogens is 330 g/mol. The van der Waals surface area contributed by atoms with Gasteiger partial charge in [0.2, 0.25) is 0 Å². The smallest absolute Gasteiger partial charge is 0.129 e. The van der Waals surface area contributed by atoms with Gasteiger partial charge in [0.05, 0.1) is 16.9 Å². The third-order valence-electron chi connectivity index (χ3n) is 2.76. The first-order chi connectivity index (χ1) is 8.65. The number of rotatable bonds is 5. The summed E-state index contributed by atoms with van der Waals surface area (Å²) in [6.07, 6.45) is 0. The zero-order chi connectivity index (χ0) is 13.1. The van der Waals surface area contributed by atoms with Crippen LogP contribution >= 0.6 is 38.6 Å². The first-order valence-electron chi connectivity index (χ1n) is 5.77. The third-order valence-corrected chi connectivity index (χ3v) is 5.31. The molecule has 0 aliphatic carbocycles. The Kier molecular flexibility index (Phi) is 4.84. The molecule has 0 aliphatic heterocycles. The molecule has 0 bridgehead atoms. The summed E-state index contributed by atoms with van der Waals surface area (Å²) in [4.78, 5) is 2.64. The predicted octanol–water partition coefficient (Wildman–Crippen LogP) is 4.59. The van der Waals surface area contributed by atoms with Gasteiger partial charge >= 0.3 is 0 Å². The van der Waals surface area contributed by atoms with Gasteiger partial charge in [0, 0.05) is 15.1 Å². The lowest BCUT2D eigenvalue weighted by Crippen LogP contribution is -2.21. The molecule has 0 aromatic carbocycles. The van der Waals surface area contributed by atoms with E-state index in [1.54, 1.807) is 29.8 Å². The molecule has 0 radical (unpaired) electrons. The molecule has 0 amide bonds. The average molecular weight is 346 g/mol. The maximum absolute atomic E-state index is 5.27. The molecule has 5 heteroatoms. The van der Waals surface area contributed by atoms with Gasteiger partial charge in [0.15, 0.2) is 0 Å². The Bertz CT molecular complexity index is 521. The molecule has 2 heterocycles. The Morgan fingerprint density at radius 2 is 2.22 bits per heavy atom. The molecule has 2 aromatic rings. The molecule has 2 rings (SSSR count). The van der Waals surface area contributed by atoms with Gasteiger partial charge in [-0.15, -0.1) is 22.7 Å². The minimum Gasteiger partial charge on any atom is -0.496 e. The Labute approximate surface area is 124 Å². The highest BCUT2D eigenvalue weighted by Crippen LogP contribution is 2.37. The molecule has 2 aromatic heterocycles. The van der Waals surface area contributed by atoms with Crippen molar-refractivity contribution >= 4 is 38.6 Å². The van der Waals surface area contributed by atoms with Crippen LogP contribution in [0.25, 0.3) is 0 Å². The number of methoxy groups -OCH3 is 1. The molecule has 0 fully saturated rings. The van der Waals surface area contributed by atoms with Gasteiger partial charge in [-0.2, -0.15) is 0 Å². The van der Waals surface area contributed by atoms with Crippen molar-refractivity contribution in [2.24, 2.45) is 0 Å². The van der Waals surface area contributed by atoms with Crippen LogP contribution in [0.2, 0.25) is 0 Å². The normalized spacial score (nSPS) is 12.7. The van der Waals surface area contributed by atoms with Crippen LogP contribution in [0.4, 0.5) is 0 Å². The van der Waals surface area contributed by atoms with Crippen molar-refractivity contribution in [2.75, 3.05) is 13.7 Å². The Balaban J connectivity index is 2.36. The fraction of sp³-hybridized carbons (Fsp3) is 0.385. The van der Waals surface area contributed by atoms with Gasteiger partial charge in [-0.1, -0.05) is 6.92 Å². The van der Waals surface area contributed by atoms with E-state index in [1.165, 1.54) is 19.1 Å². The monoisotopic (exact) mass is 345 g/mol. The Morgan fingerprint density at radius 3 is 2.72 bits per heavy atom. The number of hydrogen-bond acceptors (Lipinski definition) is 4. The predicted molar refractivity (Wildman–Crippen MR) is 83.1 cm³/mol. The van der Waals surface area contributed by atoms with Crippen molar-refractivity contribution in [2.45, 2.75) is 19.9 Å². The lowest BCUT2D eigenvalue weighted by Gasteiger charge is -2.16. The molecule has 1 atom stereocenters. The van der Waals surface area contributed by atoms with Gasteiger partial charge < -0.3 is 10.1 Å². The number of halogens is 1. The van der Waals surface area contributed by atoms with Crippen LogP contribution in [0.3, 0.4) is 0 Å². The van der Waals surface area contributed by atoms with Crippen LogP contribution in [-0.4, -0.2) is 13.7 Å². The first kappa shape index (κ1) is 14.1. The summed E-state index contributed by atoms with van der Waals surface area (Å²) in [7, 11) is 1.71. The lowest BCUT2D eigenvalue weighted by atomic mass is 10.1. The number of nitrogens with one attached hydrogen (secondary N) is 1. The number of aryl methyl sites for hydroxylation is 1. The molecule has 0 saturated carbocycles. The zero-order valence-corrected chi connectivity index (χ0v) is 13.8. The second-order valence-corrected chi connectivity index (χ2v) is 7.52. The van der Waals surface area contributed by atoms with E-state index in [2.05, 4.69) is 52.6 Å². The number of thiophene rings is 2. The topological polar surface area (TPSA) is 21.3 Å². The van der Waals surface area contributed by atoms with E-state index >= 15 is 0 Å². The van der Waals surface area contributed by atoms with Gasteiger partial charge in [0.25, 0.3) is 0 Å². The largest absolute Gasteiger partial charge is 0.496 e. The Hall–Kier alpha value is -0.360. The highest BCUT2D eigenvalue weighted by molar-refractivity contribution is 9.11. The minimum atomic E-state index is 0.256. The van der Waals surface area contributed by atoms with E-state index in [9.17, 15) is 0 Å². The van der Waals surface area contributed by atoms with Gasteiger partial charge in [-0.05, 0) is 47.1 Å². The maximum atomic E-state index is 5.27. The van der Waals surface area contributed by atoms with Gasteiger partial charge in [-0.3, -0.25) is 0 Å². The lowest BCUT2D eigenvalue weighted by molar-refractivity contribution is 0.416. The van der Waals surface area contributed by atoms with E-state index in [4.69, 9.17) is 4.74 Å². The molecular formula is C13H16BrNOS2. The average Bonchev–Trinajstić information content (AvgIpc) is 2.93. The fourth-order valence-corrected chi connectivity index (χ4v) is 4.60. The van der Waals surface area contributed by atoms with Gasteiger partial charge in [0.1, 0.15) is 5.75 Å². The fourth-order valence-electron chi connectivity index (χ4n) is 1.91. The summed E-state index contributed by atoms with van der Waals surface area (Å²) in [6, 6.07) is 4.58. The minimum absolute atomic E-state index is 0.256. The molecule has 0 spiro atoms. The highest BCUT2D eigenvalue weighted by Gasteiger charge is 2.19. The Morgan fingerprint density at radius 1 is 1.44 bits per heavy atom. The summed E-state index contributed by atoms with van der Waals surface area (Å²) in [5, 5.41) is 5.60. The van der Waals surface area contributed by atoms with Gasteiger partial charge in [-0.25, -0.2) is 0 Å². The van der Waals surface area contributed by atoms with Crippen molar-refractivity contribution in [3.8, 4) is 5.75 Å². The van der Waals surface area contributed by atoms with Crippen molar-refractivity contribution in [3.05, 3.63) is 36.6 Å². The van der Waals surface area contributed by atoms with E-state index in [-0.39, 0.29) is 6.04 Å². The van der Waals surface area contributed by atoms with Crippen molar-refractivity contribution in [1.82, 2.24) is 5.32 Å². The summed E-state index contributed by atoms with van der Waals surface area (Å²) < 4.78 is 6.45. The van der Waals surface area contributed by atoms with E-state index < -0.39 is 0 Å². The second-order valence-electron chi connectivity index (χ2n) is 3.94. The molecule has 0 saturated heterocycles. The zero-order valence-electron chi connectivity index (χ0n) is 10.6. The third kappa shape index (κ3) is 2.96. The maximum Gasteiger partial charge on any atom is 0.129 e. The SMILES string of the molecule is CCNC(c1cc(OC)cs1)c1cc(Br)sc1C. The van der Waals surface area contributed by atoms with Crippen LogP contribution in [0.1, 0.15) is 28.3 Å². The van der Waals surface area contributed by atoms with Crippen molar-refractivity contribution in [3.63, 3.8) is 0 Å². The summed E-state index contributed by atoms with van der Waals surface area (Å²) in [6.45, 7) is 5.24. The molecule has 1 N–H and O–H groups in total. The summed E-state index contributed by atoms with van der Waals surface area (Å²) in [5.41, 5.74) is 1.35. The summed E-state index contributed by atoms with van der Waals surface area (Å²) in [5.74, 6) is 0.935. The highest BCUT2D eigenvalue weighted by atomic mass is 79.9. The number of hydrogen-bond donors (Lipinski definition) is 1. The van der Waals surface area contributed by atoms with Crippen LogP contribution in [0.5, 0.6) is 5.75 Å². The van der Waals surface area contributed by atoms with Crippen LogP contribution in [0.15, 0.2) is 21.3 Å². The molecule has 98 valence electrons. The number of ether oxygens (including phenoxy) is 1. The van der Waals surface area contributed by atoms with Crippen LogP contribution in [-0.2, 0) is 0 Å². The van der Waals surface area contributed by atoms with Crippen LogP contribution < -0.4 is 10.1 Å². The van der Waals surface area contributed by atoms with E-state index in [1.807, 2.05) is 0 Å². The standard InChI is InChI=1S/C13H16BrNOS2/c1-4-15-13(10-6-12(14)18-8(10)2)11-5-9(16-3)7-17-11/h5-7,13,15H,4H2,1-3H3. The summed E-state index contributed by atoms with van der Waals surface area (Å²) >= 11 is 7.08. The van der Waals surface area contributed by atoms with E-state index in [0.29, 0.717) is 0 Å². The molecule has 1 unspecified atom stereocenters. The quantitative estimate of drug-likeness (QED) is 0.855. The van der Waals surface area contributed by atoms with E-state index in [0.717, 1.165) is 12.3 Å². The van der Waals surface area contributed by atoms with Crippen molar-refractivity contribution < 1.29 is 4.74 Å². The van der Waals surface area contributed by atoms with Crippen LogP contribution in [0, 0.1) is 6.92 Å². The molecule has 0 aliphatic rings. The molecule has 18 heavy (non-hydrogen) atoms. The molecule has 2 nitrogen and oxygen atoms in total.